The van der Waals surface area contributed by atoms with Crippen molar-refractivity contribution in [2.75, 3.05) is 0 Å². The standard InChI is InChI=1S/C8H12B2O9/c1-5(11)15-9(16-6(2)12)19-10(17-7(3)13)18-8(4)14/h1-4H3. The van der Waals surface area contributed by atoms with Crippen molar-refractivity contribution in [3.63, 3.8) is 0 Å². The molecular formula is C8H12B2O9. The van der Waals surface area contributed by atoms with Crippen molar-refractivity contribution in [1.29, 1.82) is 0 Å². The maximum absolute atomic E-state index is 10.8. The van der Waals surface area contributed by atoms with Crippen molar-refractivity contribution in [2.45, 2.75) is 27.7 Å². The molecule has 0 aliphatic rings. The number of carbonyl (C=O) groups excluding carboxylic acids is 4. The normalized spacial score (nSPS) is 9.05. The fourth-order valence-electron chi connectivity index (χ4n) is 0.792. The fourth-order valence-corrected chi connectivity index (χ4v) is 0.792. The number of carbonyl (C=O) groups is 4. The van der Waals surface area contributed by atoms with Gasteiger partial charge in [0.25, 0.3) is 23.9 Å². The Bertz CT molecular complexity index is 303. The minimum absolute atomic E-state index is 0.823. The molecule has 0 aromatic heterocycles. The molecule has 0 aromatic carbocycles. The summed E-state index contributed by atoms with van der Waals surface area (Å²) < 4.78 is 22.6. The summed E-state index contributed by atoms with van der Waals surface area (Å²) >= 11 is 0. The lowest BCUT2D eigenvalue weighted by molar-refractivity contribution is -0.140. The lowest BCUT2D eigenvalue weighted by Crippen LogP contribution is -2.41. The third kappa shape index (κ3) is 9.65. The third-order valence-corrected chi connectivity index (χ3v) is 1.27. The van der Waals surface area contributed by atoms with Crippen molar-refractivity contribution >= 4 is 38.5 Å². The van der Waals surface area contributed by atoms with Crippen molar-refractivity contribution in [3.8, 4) is 0 Å². The molecule has 104 valence electrons. The predicted octanol–water partition coefficient (Wildman–Crippen LogP) is -0.775. The van der Waals surface area contributed by atoms with Gasteiger partial charge in [0, 0.05) is 27.7 Å². The van der Waals surface area contributed by atoms with Crippen LogP contribution in [0.5, 0.6) is 0 Å². The minimum Gasteiger partial charge on any atom is -0.474 e. The molecule has 0 aliphatic carbocycles. The highest BCUT2D eigenvalue weighted by Crippen LogP contribution is 2.01. The van der Waals surface area contributed by atoms with Crippen LogP contribution < -0.4 is 0 Å². The van der Waals surface area contributed by atoms with Gasteiger partial charge in [-0.05, 0) is 0 Å². The highest BCUT2D eigenvalue weighted by atomic mass is 16.8. The first-order valence-corrected chi connectivity index (χ1v) is 5.05. The third-order valence-electron chi connectivity index (χ3n) is 1.27. The van der Waals surface area contributed by atoms with Gasteiger partial charge in [-0.1, -0.05) is 0 Å². The summed E-state index contributed by atoms with van der Waals surface area (Å²) in [5.74, 6) is -3.29. The Labute approximate surface area is 109 Å². The molecule has 19 heavy (non-hydrogen) atoms. The van der Waals surface area contributed by atoms with E-state index in [1.54, 1.807) is 0 Å². The quantitative estimate of drug-likeness (QED) is 0.575. The molecule has 0 saturated heterocycles. The average Bonchev–Trinajstić information content (AvgIpc) is 2.11. The molecule has 0 rings (SSSR count). The monoisotopic (exact) mass is 274 g/mol. The van der Waals surface area contributed by atoms with Crippen LogP contribution in [0, 0.1) is 0 Å². The van der Waals surface area contributed by atoms with E-state index in [-0.39, 0.29) is 0 Å². The van der Waals surface area contributed by atoms with Gasteiger partial charge < -0.3 is 23.2 Å². The predicted molar refractivity (Wildman–Crippen MR) is 59.7 cm³/mol. The summed E-state index contributed by atoms with van der Waals surface area (Å²) in [5, 5.41) is 0. The van der Waals surface area contributed by atoms with E-state index in [1.165, 1.54) is 0 Å². The molecule has 0 aliphatic heterocycles. The largest absolute Gasteiger partial charge is 0.781 e. The summed E-state index contributed by atoms with van der Waals surface area (Å²) in [7, 11) is -3.61. The smallest absolute Gasteiger partial charge is 0.474 e. The maximum atomic E-state index is 10.8. The lowest BCUT2D eigenvalue weighted by Gasteiger charge is -2.15. The van der Waals surface area contributed by atoms with E-state index in [0.29, 0.717) is 0 Å². The molecule has 0 radical (unpaired) electrons. The molecule has 0 N–H and O–H groups in total. The van der Waals surface area contributed by atoms with E-state index in [9.17, 15) is 19.2 Å². The molecule has 0 bridgehead atoms. The molecule has 11 heteroatoms. The van der Waals surface area contributed by atoms with Crippen LogP contribution in [-0.2, 0) is 42.4 Å². The van der Waals surface area contributed by atoms with Crippen LogP contribution >= 0.6 is 0 Å². The van der Waals surface area contributed by atoms with Gasteiger partial charge in [-0.2, -0.15) is 0 Å². The molecule has 0 saturated carbocycles. The van der Waals surface area contributed by atoms with Gasteiger partial charge in [-0.25, -0.2) is 0 Å². The summed E-state index contributed by atoms with van der Waals surface area (Å²) in [6, 6.07) is 0. The summed E-state index contributed by atoms with van der Waals surface area (Å²) in [6.07, 6.45) is 0. The van der Waals surface area contributed by atoms with Gasteiger partial charge in [-0.3, -0.25) is 19.2 Å². The number of hydrogen-bond acceptors (Lipinski definition) is 9. The summed E-state index contributed by atoms with van der Waals surface area (Å²) in [5.41, 5.74) is 0. The van der Waals surface area contributed by atoms with E-state index >= 15 is 0 Å². The molecule has 0 amide bonds. The zero-order valence-corrected chi connectivity index (χ0v) is 10.8. The van der Waals surface area contributed by atoms with Crippen molar-refractivity contribution in [1.82, 2.24) is 0 Å². The van der Waals surface area contributed by atoms with Gasteiger partial charge in [0.05, 0.1) is 0 Å². The van der Waals surface area contributed by atoms with E-state index in [1.807, 2.05) is 0 Å². The molecule has 0 fully saturated rings. The van der Waals surface area contributed by atoms with Crippen molar-refractivity contribution in [3.05, 3.63) is 0 Å². The van der Waals surface area contributed by atoms with E-state index in [0.717, 1.165) is 27.7 Å². The van der Waals surface area contributed by atoms with Crippen LogP contribution in [0.3, 0.4) is 0 Å². The van der Waals surface area contributed by atoms with Crippen LogP contribution in [0.4, 0.5) is 0 Å². The van der Waals surface area contributed by atoms with Crippen LogP contribution in [-0.4, -0.2) is 38.5 Å². The van der Waals surface area contributed by atoms with Crippen LogP contribution in [0.2, 0.25) is 0 Å². The zero-order valence-electron chi connectivity index (χ0n) is 10.8. The number of rotatable bonds is 6. The second-order valence-electron chi connectivity index (χ2n) is 3.15. The SMILES string of the molecule is CC(=O)OB(OB(OC(C)=O)OC(C)=O)OC(C)=O. The molecular weight excluding hydrogens is 262 g/mol. The Kier molecular flexibility index (Phi) is 7.27. The molecule has 0 aromatic rings. The molecule has 0 spiro atoms. The highest BCUT2D eigenvalue weighted by Gasteiger charge is 2.42. The first-order valence-electron chi connectivity index (χ1n) is 5.05. The van der Waals surface area contributed by atoms with Gasteiger partial charge in [0.2, 0.25) is 0 Å². The van der Waals surface area contributed by atoms with Gasteiger partial charge in [-0.15, -0.1) is 0 Å². The Balaban J connectivity index is 4.68. The first-order chi connectivity index (χ1) is 8.70. The first kappa shape index (κ1) is 17.0. The van der Waals surface area contributed by atoms with E-state index in [4.69, 9.17) is 4.57 Å². The van der Waals surface area contributed by atoms with Gasteiger partial charge in [0.15, 0.2) is 0 Å². The van der Waals surface area contributed by atoms with Gasteiger partial charge in [0.1, 0.15) is 0 Å². The van der Waals surface area contributed by atoms with Crippen molar-refractivity contribution in [2.24, 2.45) is 0 Å². The van der Waals surface area contributed by atoms with E-state index < -0.39 is 38.5 Å². The minimum atomic E-state index is -1.81. The molecule has 0 unspecified atom stereocenters. The lowest BCUT2D eigenvalue weighted by atomic mass is 10.1. The Morgan fingerprint density at radius 3 is 0.947 bits per heavy atom. The molecule has 0 heterocycles. The number of hydrogen-bond donors (Lipinski definition) is 0. The average molecular weight is 274 g/mol. The Morgan fingerprint density at radius 1 is 0.579 bits per heavy atom. The Hall–Kier alpha value is -2.03. The van der Waals surface area contributed by atoms with E-state index in [2.05, 4.69) is 18.6 Å². The second-order valence-corrected chi connectivity index (χ2v) is 3.15. The molecule has 9 nitrogen and oxygen atoms in total. The fraction of sp³-hybridized carbons (Fsp3) is 0.500. The topological polar surface area (TPSA) is 114 Å². The Morgan fingerprint density at radius 2 is 0.789 bits per heavy atom. The van der Waals surface area contributed by atoms with Crippen LogP contribution in [0.1, 0.15) is 27.7 Å². The summed E-state index contributed by atoms with van der Waals surface area (Å²) in [4.78, 5) is 43.0. The maximum Gasteiger partial charge on any atom is 0.781 e. The van der Waals surface area contributed by atoms with Crippen molar-refractivity contribution < 1.29 is 42.4 Å². The zero-order chi connectivity index (χ0) is 15.0. The van der Waals surface area contributed by atoms with Crippen LogP contribution in [0.15, 0.2) is 0 Å². The summed E-state index contributed by atoms with van der Waals surface area (Å²) in [6.45, 7) is 4.14. The second kappa shape index (κ2) is 8.14. The van der Waals surface area contributed by atoms with Gasteiger partial charge >= 0.3 is 14.6 Å². The molecule has 0 atom stereocenters. The highest BCUT2D eigenvalue weighted by molar-refractivity contribution is 6.56. The van der Waals surface area contributed by atoms with Crippen LogP contribution in [0.25, 0.3) is 0 Å².